The van der Waals surface area contributed by atoms with Gasteiger partial charge >= 0.3 is 12.1 Å². The number of hydrogen-bond donors (Lipinski definition) is 2. The van der Waals surface area contributed by atoms with Crippen molar-refractivity contribution in [3.05, 3.63) is 53.3 Å². The molecule has 0 atom stereocenters. The number of carboxylic acids is 1. The molecule has 0 spiro atoms. The highest BCUT2D eigenvalue weighted by Gasteiger charge is 2.31. The molecule has 0 saturated carbocycles. The third-order valence-electron chi connectivity index (χ3n) is 4.45. The van der Waals surface area contributed by atoms with Gasteiger partial charge in [-0.3, -0.25) is 4.79 Å². The monoisotopic (exact) mass is 381 g/mol. The number of alkyl halides is 3. The third kappa shape index (κ3) is 4.42. The molecule has 9 heteroatoms. The average molecular weight is 381 g/mol. The van der Waals surface area contributed by atoms with E-state index >= 15 is 0 Å². The van der Waals surface area contributed by atoms with Gasteiger partial charge in [-0.2, -0.15) is 13.2 Å². The summed E-state index contributed by atoms with van der Waals surface area (Å²) >= 11 is 0. The maximum absolute atomic E-state index is 12.9. The van der Waals surface area contributed by atoms with E-state index < -0.39 is 18.6 Å². The summed E-state index contributed by atoms with van der Waals surface area (Å²) in [4.78, 5) is 29.7. The van der Waals surface area contributed by atoms with E-state index in [1.54, 1.807) is 28.1 Å². The fourth-order valence-corrected chi connectivity index (χ4v) is 3.17. The Hall–Kier alpha value is -2.97. The number of aromatic amines is 1. The lowest BCUT2D eigenvalue weighted by molar-refractivity contribution is -0.127. The number of carbonyl (C=O) groups is 2. The van der Waals surface area contributed by atoms with Crippen molar-refractivity contribution in [3.63, 3.8) is 0 Å². The summed E-state index contributed by atoms with van der Waals surface area (Å²) in [6.45, 7) is 1.46. The topological polar surface area (TPSA) is 76.6 Å². The van der Waals surface area contributed by atoms with Crippen LogP contribution in [0.2, 0.25) is 0 Å². The van der Waals surface area contributed by atoms with Crippen molar-refractivity contribution in [1.29, 1.82) is 0 Å². The first-order valence-corrected chi connectivity index (χ1v) is 8.35. The molecule has 0 bridgehead atoms. The van der Waals surface area contributed by atoms with Gasteiger partial charge in [0.2, 0.25) is 0 Å². The standard InChI is InChI=1S/C18H18F3N3O3/c19-18(20,21)11-13-10-12(17(26)27)3-4-15(13)23-6-8-24(9-7-23)16(25)14-2-1-5-22-14/h1-5,10,22H,6-9,11H2,(H,26,27). The van der Waals surface area contributed by atoms with Crippen LogP contribution in [0.5, 0.6) is 0 Å². The van der Waals surface area contributed by atoms with E-state index in [2.05, 4.69) is 4.98 Å². The molecule has 0 unspecified atom stereocenters. The fourth-order valence-electron chi connectivity index (χ4n) is 3.17. The highest BCUT2D eigenvalue weighted by Crippen LogP contribution is 2.30. The predicted molar refractivity (Wildman–Crippen MR) is 92.1 cm³/mol. The second kappa shape index (κ2) is 7.34. The molecule has 2 aromatic rings. The van der Waals surface area contributed by atoms with Gasteiger partial charge in [-0.25, -0.2) is 4.79 Å². The molecule has 27 heavy (non-hydrogen) atoms. The summed E-state index contributed by atoms with van der Waals surface area (Å²) in [6.07, 6.45) is -4.00. The number of nitrogens with zero attached hydrogens (tertiary/aromatic N) is 2. The van der Waals surface area contributed by atoms with Crippen molar-refractivity contribution in [3.8, 4) is 0 Å². The summed E-state index contributed by atoms with van der Waals surface area (Å²) in [7, 11) is 0. The van der Waals surface area contributed by atoms with Gasteiger partial charge in [0.1, 0.15) is 5.69 Å². The minimum absolute atomic E-state index is 0.0773. The van der Waals surface area contributed by atoms with Gasteiger partial charge in [0, 0.05) is 38.1 Å². The Labute approximate surface area is 153 Å². The molecule has 1 saturated heterocycles. The Kier molecular flexibility index (Phi) is 5.11. The highest BCUT2D eigenvalue weighted by atomic mass is 19.4. The normalized spacial score (nSPS) is 15.1. The number of piperazine rings is 1. The second-order valence-electron chi connectivity index (χ2n) is 6.30. The molecule has 1 fully saturated rings. The van der Waals surface area contributed by atoms with Crippen LogP contribution in [0, 0.1) is 0 Å². The first-order chi connectivity index (χ1) is 12.7. The van der Waals surface area contributed by atoms with E-state index in [0.717, 1.165) is 6.07 Å². The lowest BCUT2D eigenvalue weighted by atomic mass is 10.0. The van der Waals surface area contributed by atoms with E-state index in [9.17, 15) is 22.8 Å². The molecular formula is C18H18F3N3O3. The van der Waals surface area contributed by atoms with E-state index in [1.807, 2.05) is 0 Å². The predicted octanol–water partition coefficient (Wildman–Crippen LogP) is 2.78. The zero-order valence-electron chi connectivity index (χ0n) is 14.3. The number of carbonyl (C=O) groups excluding carboxylic acids is 1. The molecule has 1 aliphatic heterocycles. The van der Waals surface area contributed by atoms with Gasteiger partial charge in [0.15, 0.2) is 0 Å². The van der Waals surface area contributed by atoms with Crippen LogP contribution < -0.4 is 4.90 Å². The second-order valence-corrected chi connectivity index (χ2v) is 6.30. The number of aromatic carboxylic acids is 1. The maximum Gasteiger partial charge on any atom is 0.393 e. The van der Waals surface area contributed by atoms with Crippen molar-refractivity contribution in [2.24, 2.45) is 0 Å². The average Bonchev–Trinajstić information content (AvgIpc) is 3.14. The maximum atomic E-state index is 12.9. The van der Waals surface area contributed by atoms with Crippen LogP contribution in [0.3, 0.4) is 0 Å². The summed E-state index contributed by atoms with van der Waals surface area (Å²) in [5.74, 6) is -1.43. The van der Waals surface area contributed by atoms with Crippen LogP contribution in [0.15, 0.2) is 36.5 Å². The van der Waals surface area contributed by atoms with E-state index in [1.165, 1.54) is 12.1 Å². The van der Waals surface area contributed by atoms with Crippen LogP contribution in [-0.4, -0.2) is 59.2 Å². The van der Waals surface area contributed by atoms with Crippen LogP contribution in [0.1, 0.15) is 26.4 Å². The summed E-state index contributed by atoms with van der Waals surface area (Å²) in [5, 5.41) is 9.05. The lowest BCUT2D eigenvalue weighted by Gasteiger charge is -2.37. The summed E-state index contributed by atoms with van der Waals surface area (Å²) < 4.78 is 38.8. The van der Waals surface area contributed by atoms with Gasteiger partial charge in [0.05, 0.1) is 12.0 Å². The van der Waals surface area contributed by atoms with Crippen molar-refractivity contribution in [2.45, 2.75) is 12.6 Å². The summed E-state index contributed by atoms with van der Waals surface area (Å²) in [5.41, 5.74) is 0.557. The van der Waals surface area contributed by atoms with E-state index in [0.29, 0.717) is 37.6 Å². The van der Waals surface area contributed by atoms with Crippen molar-refractivity contribution < 1.29 is 27.9 Å². The zero-order chi connectivity index (χ0) is 19.6. The van der Waals surface area contributed by atoms with Gasteiger partial charge < -0.3 is 19.9 Å². The number of H-pyrrole nitrogens is 1. The van der Waals surface area contributed by atoms with Crippen molar-refractivity contribution in [2.75, 3.05) is 31.1 Å². The first-order valence-electron chi connectivity index (χ1n) is 8.35. The van der Waals surface area contributed by atoms with Gasteiger partial charge in [-0.15, -0.1) is 0 Å². The Morgan fingerprint density at radius 2 is 1.81 bits per heavy atom. The number of rotatable bonds is 4. The lowest BCUT2D eigenvalue weighted by Crippen LogP contribution is -2.49. The highest BCUT2D eigenvalue weighted by molar-refractivity contribution is 5.92. The Morgan fingerprint density at radius 1 is 1.11 bits per heavy atom. The molecule has 144 valence electrons. The zero-order valence-corrected chi connectivity index (χ0v) is 14.3. The smallest absolute Gasteiger partial charge is 0.393 e. The van der Waals surface area contributed by atoms with Crippen LogP contribution >= 0.6 is 0 Å². The quantitative estimate of drug-likeness (QED) is 0.854. The fraction of sp³-hybridized carbons (Fsp3) is 0.333. The minimum atomic E-state index is -4.45. The molecule has 2 heterocycles. The number of amides is 1. The number of halogens is 3. The van der Waals surface area contributed by atoms with Gasteiger partial charge in [-0.1, -0.05) is 0 Å². The molecule has 0 radical (unpaired) electrons. The number of aromatic nitrogens is 1. The van der Waals surface area contributed by atoms with E-state index in [4.69, 9.17) is 5.11 Å². The summed E-state index contributed by atoms with van der Waals surface area (Å²) in [6, 6.07) is 7.17. The minimum Gasteiger partial charge on any atom is -0.478 e. The van der Waals surface area contributed by atoms with Gasteiger partial charge in [0.25, 0.3) is 5.91 Å². The number of benzene rings is 1. The molecule has 6 nitrogen and oxygen atoms in total. The van der Waals surface area contributed by atoms with Crippen molar-refractivity contribution in [1.82, 2.24) is 9.88 Å². The number of anilines is 1. The molecule has 0 aliphatic carbocycles. The number of hydrogen-bond acceptors (Lipinski definition) is 3. The van der Waals surface area contributed by atoms with Crippen LogP contribution in [0.4, 0.5) is 18.9 Å². The molecule has 1 aliphatic rings. The van der Waals surface area contributed by atoms with Crippen LogP contribution in [-0.2, 0) is 6.42 Å². The molecule has 2 N–H and O–H groups in total. The molecule has 3 rings (SSSR count). The Balaban J connectivity index is 1.77. The van der Waals surface area contributed by atoms with Crippen LogP contribution in [0.25, 0.3) is 0 Å². The number of carboxylic acid groups (broad SMARTS) is 1. The third-order valence-corrected chi connectivity index (χ3v) is 4.45. The number of nitrogens with one attached hydrogen (secondary N) is 1. The molecular weight excluding hydrogens is 363 g/mol. The Morgan fingerprint density at radius 3 is 2.37 bits per heavy atom. The van der Waals surface area contributed by atoms with E-state index in [-0.39, 0.29) is 17.0 Å². The van der Waals surface area contributed by atoms with Gasteiger partial charge in [-0.05, 0) is 35.9 Å². The molecule has 1 aromatic heterocycles. The Bertz CT molecular complexity index is 826. The molecule has 1 amide bonds. The first kappa shape index (κ1) is 18.8. The largest absolute Gasteiger partial charge is 0.478 e. The molecule has 1 aromatic carbocycles. The van der Waals surface area contributed by atoms with Crippen molar-refractivity contribution >= 4 is 17.6 Å². The SMILES string of the molecule is O=C(O)c1ccc(N2CCN(C(=O)c3ccc[nH]3)CC2)c(CC(F)(F)F)c1.